The average Bonchev–Trinajstić information content (AvgIpc) is 3.64. The Kier molecular flexibility index (Phi) is 6.87. The van der Waals surface area contributed by atoms with E-state index in [1.165, 1.54) is 16.2 Å². The first-order chi connectivity index (χ1) is 17.4. The lowest BCUT2D eigenvalue weighted by atomic mass is 9.90. The number of carbonyl (C=O) groups excluding carboxylic acids is 1. The van der Waals surface area contributed by atoms with Crippen molar-refractivity contribution >= 4 is 39.4 Å². The summed E-state index contributed by atoms with van der Waals surface area (Å²) < 4.78 is 1.99. The monoisotopic (exact) mass is 502 g/mol. The van der Waals surface area contributed by atoms with Crippen LogP contribution in [0, 0.1) is 11.8 Å². The zero-order valence-electron chi connectivity index (χ0n) is 20.6. The molecule has 3 heterocycles. The number of carbonyl (C=O) groups is 2. The fraction of sp³-hybridized carbons (Fsp3) is 0.357. The van der Waals surface area contributed by atoms with E-state index in [0.717, 1.165) is 59.1 Å². The highest BCUT2D eigenvalue weighted by molar-refractivity contribution is 7.14. The summed E-state index contributed by atoms with van der Waals surface area (Å²) in [5, 5.41) is 13.0. The van der Waals surface area contributed by atoms with Gasteiger partial charge in [0.15, 0.2) is 5.13 Å². The van der Waals surface area contributed by atoms with E-state index in [1.807, 2.05) is 47.6 Å². The number of aliphatic carboxylic acids is 1. The van der Waals surface area contributed by atoms with Gasteiger partial charge in [-0.05, 0) is 30.0 Å². The van der Waals surface area contributed by atoms with Crippen molar-refractivity contribution in [3.05, 3.63) is 54.2 Å². The van der Waals surface area contributed by atoms with E-state index in [4.69, 9.17) is 4.98 Å². The molecule has 1 fully saturated rings. The summed E-state index contributed by atoms with van der Waals surface area (Å²) in [6.45, 7) is 0. The number of fused-ring (bicyclic) bond motifs is 1. The second-order valence-electron chi connectivity index (χ2n) is 9.70. The van der Waals surface area contributed by atoms with Crippen LogP contribution in [0.4, 0.5) is 5.13 Å². The number of aromatic nitrogens is 3. The van der Waals surface area contributed by atoms with Gasteiger partial charge in [0.05, 0.1) is 12.1 Å². The third kappa shape index (κ3) is 4.91. The van der Waals surface area contributed by atoms with Crippen molar-refractivity contribution < 1.29 is 14.7 Å². The molecule has 3 aromatic heterocycles. The molecule has 7 nitrogen and oxygen atoms in total. The summed E-state index contributed by atoms with van der Waals surface area (Å²) in [4.78, 5) is 35.8. The van der Waals surface area contributed by atoms with Gasteiger partial charge < -0.3 is 9.67 Å². The van der Waals surface area contributed by atoms with Crippen LogP contribution >= 0.6 is 11.3 Å². The molecule has 1 amide bonds. The van der Waals surface area contributed by atoms with Crippen molar-refractivity contribution in [2.24, 2.45) is 18.9 Å². The first-order valence-electron chi connectivity index (χ1n) is 12.4. The van der Waals surface area contributed by atoms with Crippen LogP contribution in [-0.4, -0.2) is 38.6 Å². The zero-order chi connectivity index (χ0) is 25.2. The van der Waals surface area contributed by atoms with Gasteiger partial charge >= 0.3 is 5.97 Å². The van der Waals surface area contributed by atoms with E-state index >= 15 is 0 Å². The summed E-state index contributed by atoms with van der Waals surface area (Å²) in [6, 6.07) is 12.2. The molecule has 186 valence electrons. The van der Waals surface area contributed by atoms with Crippen molar-refractivity contribution in [3.63, 3.8) is 0 Å². The number of anilines is 1. The fourth-order valence-electron chi connectivity index (χ4n) is 5.30. The Labute approximate surface area is 214 Å². The van der Waals surface area contributed by atoms with Crippen LogP contribution in [0.5, 0.6) is 0 Å². The van der Waals surface area contributed by atoms with Crippen molar-refractivity contribution in [1.82, 2.24) is 14.5 Å². The van der Waals surface area contributed by atoms with Gasteiger partial charge in [-0.15, -0.1) is 11.3 Å². The minimum absolute atomic E-state index is 0.143. The van der Waals surface area contributed by atoms with Gasteiger partial charge in [-0.3, -0.25) is 14.5 Å². The highest BCUT2D eigenvalue weighted by Crippen LogP contribution is 2.36. The quantitative estimate of drug-likeness (QED) is 0.319. The Bertz CT molecular complexity index is 1400. The Morgan fingerprint density at radius 2 is 1.94 bits per heavy atom. The second kappa shape index (κ2) is 10.2. The Balaban J connectivity index is 1.41. The van der Waals surface area contributed by atoms with Gasteiger partial charge in [-0.1, -0.05) is 49.9 Å². The van der Waals surface area contributed by atoms with Crippen LogP contribution in [0.25, 0.3) is 33.4 Å². The maximum Gasteiger partial charge on any atom is 0.304 e. The lowest BCUT2D eigenvalue weighted by Crippen LogP contribution is -2.35. The van der Waals surface area contributed by atoms with Gasteiger partial charge in [0.2, 0.25) is 5.91 Å². The van der Waals surface area contributed by atoms with E-state index in [9.17, 15) is 14.7 Å². The number of hydrogen-bond acceptors (Lipinski definition) is 5. The smallest absolute Gasteiger partial charge is 0.304 e. The number of aryl methyl sites for hydroxylation is 1. The van der Waals surface area contributed by atoms with Crippen LogP contribution in [0.3, 0.4) is 0 Å². The van der Waals surface area contributed by atoms with E-state index < -0.39 is 11.9 Å². The molecule has 36 heavy (non-hydrogen) atoms. The van der Waals surface area contributed by atoms with Gasteiger partial charge in [0.25, 0.3) is 0 Å². The third-order valence-electron chi connectivity index (χ3n) is 7.19. The van der Waals surface area contributed by atoms with Crippen LogP contribution in [0.15, 0.2) is 54.2 Å². The fourth-order valence-corrected chi connectivity index (χ4v) is 6.10. The van der Waals surface area contributed by atoms with Gasteiger partial charge in [-0.2, -0.15) is 0 Å². The van der Waals surface area contributed by atoms with Crippen molar-refractivity contribution in [3.8, 4) is 22.4 Å². The van der Waals surface area contributed by atoms with Gasteiger partial charge in [0, 0.05) is 54.3 Å². The van der Waals surface area contributed by atoms with E-state index in [2.05, 4.69) is 23.2 Å². The standard InChI is InChI=1S/C28H30N4O3S/c1-31-12-11-19-14-21(16-29-26(19)31)22-9-5-6-10-23(22)24-17-36-28(30-24)32(2)27(35)20(15-25(33)34)13-18-7-3-4-8-18/h5-6,9-12,14,16-18,20H,3-4,7-8,13,15H2,1-2H3,(H,33,34)/t20-/m1/s1. The third-order valence-corrected chi connectivity index (χ3v) is 8.11. The molecule has 0 saturated heterocycles. The summed E-state index contributed by atoms with van der Waals surface area (Å²) in [5.41, 5.74) is 4.70. The highest BCUT2D eigenvalue weighted by Gasteiger charge is 2.30. The molecule has 1 aromatic carbocycles. The van der Waals surface area contributed by atoms with Crippen molar-refractivity contribution in [2.75, 3.05) is 11.9 Å². The van der Waals surface area contributed by atoms with E-state index in [-0.39, 0.29) is 12.3 Å². The van der Waals surface area contributed by atoms with Crippen molar-refractivity contribution in [1.29, 1.82) is 0 Å². The van der Waals surface area contributed by atoms with Crippen molar-refractivity contribution in [2.45, 2.75) is 38.5 Å². The second-order valence-corrected chi connectivity index (χ2v) is 10.5. The summed E-state index contributed by atoms with van der Waals surface area (Å²) in [5.74, 6) is -1.20. The molecule has 1 N–H and O–H groups in total. The summed E-state index contributed by atoms with van der Waals surface area (Å²) >= 11 is 1.40. The lowest BCUT2D eigenvalue weighted by molar-refractivity contribution is -0.140. The predicted molar refractivity (Wildman–Crippen MR) is 143 cm³/mol. The molecule has 1 atom stereocenters. The maximum atomic E-state index is 13.3. The first kappa shape index (κ1) is 24.2. The number of benzene rings is 1. The number of rotatable bonds is 8. The molecule has 8 heteroatoms. The molecule has 0 bridgehead atoms. The first-order valence-corrected chi connectivity index (χ1v) is 13.2. The number of nitrogens with zero attached hydrogens (tertiary/aromatic N) is 4. The minimum atomic E-state index is -0.933. The molecule has 0 spiro atoms. The SMILES string of the molecule is CN(C(=O)[C@@H](CC(=O)O)CC1CCCC1)c1nc(-c2ccccc2-c2cnc3c(ccn3C)c2)cs1. The zero-order valence-corrected chi connectivity index (χ0v) is 21.4. The van der Waals surface area contributed by atoms with Crippen LogP contribution in [0.2, 0.25) is 0 Å². The maximum absolute atomic E-state index is 13.3. The Morgan fingerprint density at radius 1 is 1.19 bits per heavy atom. The minimum Gasteiger partial charge on any atom is -0.481 e. The van der Waals surface area contributed by atoms with Gasteiger partial charge in [-0.25, -0.2) is 9.97 Å². The molecule has 0 unspecified atom stereocenters. The molecular weight excluding hydrogens is 472 g/mol. The van der Waals surface area contributed by atoms with E-state index in [1.54, 1.807) is 7.05 Å². The molecule has 5 rings (SSSR count). The molecule has 1 aliphatic rings. The molecule has 1 saturated carbocycles. The van der Waals surface area contributed by atoms with Crippen LogP contribution in [-0.2, 0) is 16.6 Å². The summed E-state index contributed by atoms with van der Waals surface area (Å²) in [7, 11) is 3.68. The lowest BCUT2D eigenvalue weighted by Gasteiger charge is -2.23. The highest BCUT2D eigenvalue weighted by atomic mass is 32.1. The number of thiazole rings is 1. The summed E-state index contributed by atoms with van der Waals surface area (Å²) in [6.07, 6.45) is 8.85. The largest absolute Gasteiger partial charge is 0.481 e. The van der Waals surface area contributed by atoms with E-state index in [0.29, 0.717) is 17.5 Å². The van der Waals surface area contributed by atoms with Crippen LogP contribution < -0.4 is 4.90 Å². The number of carboxylic acid groups (broad SMARTS) is 1. The Morgan fingerprint density at radius 3 is 2.69 bits per heavy atom. The normalized spacial score (nSPS) is 14.8. The number of hydrogen-bond donors (Lipinski definition) is 1. The predicted octanol–water partition coefficient (Wildman–Crippen LogP) is 6.00. The molecule has 0 aliphatic heterocycles. The molecular formula is C28H30N4O3S. The molecule has 0 radical (unpaired) electrons. The van der Waals surface area contributed by atoms with Gasteiger partial charge in [0.1, 0.15) is 5.65 Å². The topological polar surface area (TPSA) is 88.3 Å². The molecule has 4 aromatic rings. The van der Waals surface area contributed by atoms with Crippen LogP contribution in [0.1, 0.15) is 38.5 Å². The Hall–Kier alpha value is -3.52. The number of carboxylic acids is 1. The number of pyridine rings is 1. The average molecular weight is 503 g/mol. The molecule has 1 aliphatic carbocycles. The number of amides is 1.